The molecule has 2 atom stereocenters. The zero-order chi connectivity index (χ0) is 14.9. The van der Waals surface area contributed by atoms with E-state index in [1.807, 2.05) is 13.8 Å². The Morgan fingerprint density at radius 1 is 1.35 bits per heavy atom. The largest absolute Gasteiger partial charge is 0.333 e. The summed E-state index contributed by atoms with van der Waals surface area (Å²) < 4.78 is 23.1. The molecule has 0 radical (unpaired) electrons. The van der Waals surface area contributed by atoms with E-state index in [-0.39, 0.29) is 22.9 Å². The van der Waals surface area contributed by atoms with Gasteiger partial charge in [-0.3, -0.25) is 4.79 Å². The van der Waals surface area contributed by atoms with Gasteiger partial charge in [-0.25, -0.2) is 8.42 Å². The number of nitrogens with zero attached hydrogens (tertiary/aromatic N) is 1. The molecule has 0 aliphatic carbocycles. The van der Waals surface area contributed by atoms with Gasteiger partial charge < -0.3 is 10.2 Å². The first-order valence-corrected chi connectivity index (χ1v) is 8.52. The van der Waals surface area contributed by atoms with Gasteiger partial charge in [-0.05, 0) is 32.0 Å². The van der Waals surface area contributed by atoms with E-state index in [9.17, 15) is 13.2 Å². The van der Waals surface area contributed by atoms with Crippen LogP contribution in [-0.2, 0) is 9.84 Å². The van der Waals surface area contributed by atoms with Crippen molar-refractivity contribution < 1.29 is 13.2 Å². The fourth-order valence-electron chi connectivity index (χ4n) is 2.33. The normalized spacial score (nSPS) is 23.6. The van der Waals surface area contributed by atoms with E-state index in [0.717, 1.165) is 12.8 Å². The highest BCUT2D eigenvalue weighted by Gasteiger charge is 2.27. The number of piperazine rings is 1. The van der Waals surface area contributed by atoms with Crippen molar-refractivity contribution in [1.29, 1.82) is 0 Å². The average molecular weight is 296 g/mol. The van der Waals surface area contributed by atoms with Gasteiger partial charge in [0.2, 0.25) is 0 Å². The van der Waals surface area contributed by atoms with E-state index < -0.39 is 9.84 Å². The number of benzene rings is 1. The van der Waals surface area contributed by atoms with Crippen LogP contribution in [0, 0.1) is 0 Å². The quantitative estimate of drug-likeness (QED) is 0.881. The summed E-state index contributed by atoms with van der Waals surface area (Å²) in [5.41, 5.74) is 0.425. The van der Waals surface area contributed by atoms with Gasteiger partial charge in [-0.2, -0.15) is 0 Å². The first-order valence-electron chi connectivity index (χ1n) is 6.63. The summed E-state index contributed by atoms with van der Waals surface area (Å²) in [5, 5.41) is 3.31. The predicted octanol–water partition coefficient (Wildman–Crippen LogP) is 0.913. The zero-order valence-electron chi connectivity index (χ0n) is 12.0. The van der Waals surface area contributed by atoms with E-state index >= 15 is 0 Å². The molecule has 2 unspecified atom stereocenters. The first-order chi connectivity index (χ1) is 9.29. The molecule has 1 fully saturated rings. The molecule has 1 N–H and O–H groups in total. The highest BCUT2D eigenvalue weighted by atomic mass is 32.2. The molecule has 2 rings (SSSR count). The van der Waals surface area contributed by atoms with Crippen molar-refractivity contribution in [2.75, 3.05) is 19.3 Å². The Morgan fingerprint density at radius 3 is 2.70 bits per heavy atom. The molecular weight excluding hydrogens is 276 g/mol. The number of rotatable bonds is 2. The molecule has 110 valence electrons. The summed E-state index contributed by atoms with van der Waals surface area (Å²) in [6.07, 6.45) is 1.14. The lowest BCUT2D eigenvalue weighted by Gasteiger charge is -2.37. The molecule has 5 nitrogen and oxygen atoms in total. The molecule has 1 aromatic rings. The number of carbonyl (C=O) groups is 1. The number of nitrogens with one attached hydrogen (secondary N) is 1. The van der Waals surface area contributed by atoms with E-state index in [4.69, 9.17) is 0 Å². The molecule has 0 spiro atoms. The van der Waals surface area contributed by atoms with Crippen LogP contribution in [0.25, 0.3) is 0 Å². The summed E-state index contributed by atoms with van der Waals surface area (Å²) in [6.45, 7) is 5.39. The van der Waals surface area contributed by atoms with Crippen LogP contribution in [0.2, 0.25) is 0 Å². The van der Waals surface area contributed by atoms with Crippen molar-refractivity contribution in [1.82, 2.24) is 10.2 Å². The highest BCUT2D eigenvalue weighted by Crippen LogP contribution is 2.16. The lowest BCUT2D eigenvalue weighted by atomic mass is 10.1. The van der Waals surface area contributed by atoms with Crippen molar-refractivity contribution in [2.24, 2.45) is 0 Å². The van der Waals surface area contributed by atoms with Gasteiger partial charge >= 0.3 is 0 Å². The standard InChI is InChI=1S/C14H20N2O3S/c1-10-9-16(11(2)8-15-10)14(17)12-5-4-6-13(7-12)20(3,18)19/h4-7,10-11,15H,8-9H2,1-3H3. The van der Waals surface area contributed by atoms with E-state index in [0.29, 0.717) is 12.1 Å². The van der Waals surface area contributed by atoms with Crippen molar-refractivity contribution >= 4 is 15.7 Å². The van der Waals surface area contributed by atoms with Crippen molar-refractivity contribution in [3.05, 3.63) is 29.8 Å². The number of sulfone groups is 1. The third-order valence-electron chi connectivity index (χ3n) is 3.53. The molecular formula is C14H20N2O3S. The van der Waals surface area contributed by atoms with Gasteiger partial charge in [-0.1, -0.05) is 6.07 Å². The minimum Gasteiger partial charge on any atom is -0.333 e. The van der Waals surface area contributed by atoms with Gasteiger partial charge in [-0.15, -0.1) is 0 Å². The number of hydrogen-bond donors (Lipinski definition) is 1. The van der Waals surface area contributed by atoms with Crippen LogP contribution in [0.1, 0.15) is 24.2 Å². The zero-order valence-corrected chi connectivity index (χ0v) is 12.8. The molecule has 0 aromatic heterocycles. The molecule has 0 bridgehead atoms. The Bertz CT molecular complexity index is 613. The third kappa shape index (κ3) is 3.19. The Balaban J connectivity index is 2.29. The SMILES string of the molecule is CC1CN(C(=O)c2cccc(S(C)(=O)=O)c2)C(C)CN1. The average Bonchev–Trinajstić information content (AvgIpc) is 2.40. The van der Waals surface area contributed by atoms with Gasteiger partial charge in [0.25, 0.3) is 5.91 Å². The van der Waals surface area contributed by atoms with E-state index in [1.165, 1.54) is 12.1 Å². The molecule has 1 aliphatic heterocycles. The van der Waals surface area contributed by atoms with Crippen molar-refractivity contribution in [3.8, 4) is 0 Å². The molecule has 6 heteroatoms. The van der Waals surface area contributed by atoms with Crippen LogP contribution in [0.5, 0.6) is 0 Å². The second-order valence-electron chi connectivity index (χ2n) is 5.42. The molecule has 1 saturated heterocycles. The van der Waals surface area contributed by atoms with Crippen LogP contribution in [0.3, 0.4) is 0 Å². The van der Waals surface area contributed by atoms with Gasteiger partial charge in [0.1, 0.15) is 0 Å². The maximum Gasteiger partial charge on any atom is 0.254 e. The van der Waals surface area contributed by atoms with Crippen LogP contribution in [0.15, 0.2) is 29.2 Å². The monoisotopic (exact) mass is 296 g/mol. The maximum absolute atomic E-state index is 12.5. The van der Waals surface area contributed by atoms with E-state index in [1.54, 1.807) is 17.0 Å². The number of carbonyl (C=O) groups excluding carboxylic acids is 1. The number of hydrogen-bond acceptors (Lipinski definition) is 4. The first kappa shape index (κ1) is 15.0. The van der Waals surface area contributed by atoms with Gasteiger partial charge in [0.15, 0.2) is 9.84 Å². The van der Waals surface area contributed by atoms with Gasteiger partial charge in [0, 0.05) is 37.0 Å². The molecule has 1 aromatic carbocycles. The third-order valence-corrected chi connectivity index (χ3v) is 4.64. The van der Waals surface area contributed by atoms with Crippen LogP contribution < -0.4 is 5.32 Å². The summed E-state index contributed by atoms with van der Waals surface area (Å²) in [6, 6.07) is 6.58. The van der Waals surface area contributed by atoms with Crippen LogP contribution >= 0.6 is 0 Å². The van der Waals surface area contributed by atoms with Gasteiger partial charge in [0.05, 0.1) is 4.90 Å². The van der Waals surface area contributed by atoms with Crippen LogP contribution in [-0.4, -0.2) is 50.7 Å². The minimum absolute atomic E-state index is 0.0978. The summed E-state index contributed by atoms with van der Waals surface area (Å²) in [5.74, 6) is -0.114. The second kappa shape index (κ2) is 5.54. The molecule has 1 heterocycles. The smallest absolute Gasteiger partial charge is 0.254 e. The molecule has 0 saturated carbocycles. The Morgan fingerprint density at radius 2 is 2.05 bits per heavy atom. The lowest BCUT2D eigenvalue weighted by molar-refractivity contribution is 0.0616. The molecule has 1 amide bonds. The molecule has 20 heavy (non-hydrogen) atoms. The maximum atomic E-state index is 12.5. The topological polar surface area (TPSA) is 66.5 Å². The summed E-state index contributed by atoms with van der Waals surface area (Å²) in [4.78, 5) is 14.5. The fourth-order valence-corrected chi connectivity index (χ4v) is 3.00. The second-order valence-corrected chi connectivity index (χ2v) is 7.43. The summed E-state index contributed by atoms with van der Waals surface area (Å²) >= 11 is 0. The molecule has 1 aliphatic rings. The Labute approximate surface area is 119 Å². The Kier molecular flexibility index (Phi) is 4.15. The Hall–Kier alpha value is -1.40. The van der Waals surface area contributed by atoms with Crippen LogP contribution in [0.4, 0.5) is 0 Å². The minimum atomic E-state index is -3.30. The number of amides is 1. The lowest BCUT2D eigenvalue weighted by Crippen LogP contribution is -2.56. The van der Waals surface area contributed by atoms with Crippen molar-refractivity contribution in [3.63, 3.8) is 0 Å². The van der Waals surface area contributed by atoms with E-state index in [2.05, 4.69) is 5.32 Å². The summed E-state index contributed by atoms with van der Waals surface area (Å²) in [7, 11) is -3.30. The predicted molar refractivity (Wildman–Crippen MR) is 77.5 cm³/mol. The van der Waals surface area contributed by atoms with Crippen molar-refractivity contribution in [2.45, 2.75) is 30.8 Å². The highest BCUT2D eigenvalue weighted by molar-refractivity contribution is 7.90. The fraction of sp³-hybridized carbons (Fsp3) is 0.500.